The lowest BCUT2D eigenvalue weighted by atomic mass is 9.47. The van der Waals surface area contributed by atoms with Gasteiger partial charge in [-0.3, -0.25) is 0 Å². The molecule has 0 unspecified atom stereocenters. The van der Waals surface area contributed by atoms with Crippen molar-refractivity contribution in [3.05, 3.63) is 11.6 Å². The lowest BCUT2D eigenvalue weighted by molar-refractivity contribution is -0.458. The van der Waals surface area contributed by atoms with Gasteiger partial charge in [-0.1, -0.05) is 66.0 Å². The first kappa shape index (κ1) is 35.8. The van der Waals surface area contributed by atoms with Gasteiger partial charge in [0, 0.05) is 0 Å². The molecule has 1 heterocycles. The summed E-state index contributed by atoms with van der Waals surface area (Å²) in [5.74, 6) is 3.38. The monoisotopic (exact) mass is 633 g/mol. The largest absolute Gasteiger partial charge is 0.393 e. The molecule has 6 nitrogen and oxygen atoms in total. The van der Waals surface area contributed by atoms with Gasteiger partial charge in [0.25, 0.3) is 0 Å². The molecule has 0 aromatic heterocycles. The zero-order chi connectivity index (χ0) is 33.6. The van der Waals surface area contributed by atoms with Crippen molar-refractivity contribution in [3.63, 3.8) is 0 Å². The zero-order valence-corrected chi connectivity index (χ0v) is 30.6. The quantitative estimate of drug-likeness (QED) is 0.208. The van der Waals surface area contributed by atoms with E-state index in [0.29, 0.717) is 11.3 Å². The Hall–Kier alpha value is -0.500. The van der Waals surface area contributed by atoms with Gasteiger partial charge in [-0.2, -0.15) is 0 Å². The molecule has 0 aromatic carbocycles. The predicted molar refractivity (Wildman–Crippen MR) is 179 cm³/mol. The van der Waals surface area contributed by atoms with E-state index in [4.69, 9.17) is 9.47 Å². The number of hydrogen-bond acceptors (Lipinski definition) is 6. The minimum atomic E-state index is -2.08. The van der Waals surface area contributed by atoms with Crippen LogP contribution in [0, 0.1) is 52.3 Å². The Morgan fingerprint density at radius 2 is 1.51 bits per heavy atom. The van der Waals surface area contributed by atoms with Gasteiger partial charge in [-0.25, -0.2) is 0 Å². The minimum Gasteiger partial charge on any atom is -0.393 e. The lowest BCUT2D eigenvalue weighted by Gasteiger charge is -2.66. The number of rotatable bonds is 8. The van der Waals surface area contributed by atoms with Crippen LogP contribution in [0.2, 0.25) is 0 Å². The number of fused-ring (bicyclic) bond motifs is 5. The van der Waals surface area contributed by atoms with Gasteiger partial charge in [-0.05, 0) is 138 Å². The summed E-state index contributed by atoms with van der Waals surface area (Å²) < 4.78 is 12.8. The van der Waals surface area contributed by atoms with Gasteiger partial charge in [0.05, 0.1) is 12.7 Å². The van der Waals surface area contributed by atoms with E-state index < -0.39 is 34.8 Å². The third kappa shape index (κ3) is 5.16. The van der Waals surface area contributed by atoms with Crippen LogP contribution in [-0.4, -0.2) is 61.3 Å². The second-order valence-corrected chi connectivity index (χ2v) is 18.4. The lowest BCUT2D eigenvalue weighted by Crippen LogP contribution is -2.85. The maximum atomic E-state index is 11.9. The highest BCUT2D eigenvalue weighted by molar-refractivity contribution is 5.27. The third-order valence-corrected chi connectivity index (χ3v) is 16.0. The fourth-order valence-electron chi connectivity index (χ4n) is 11.6. The second-order valence-electron chi connectivity index (χ2n) is 18.4. The summed E-state index contributed by atoms with van der Waals surface area (Å²) in [7, 11) is 0. The van der Waals surface area contributed by atoms with Gasteiger partial charge in [0.2, 0.25) is 0 Å². The molecule has 4 aliphatic carbocycles. The van der Waals surface area contributed by atoms with Gasteiger partial charge in [-0.15, -0.1) is 0 Å². The van der Waals surface area contributed by atoms with Crippen molar-refractivity contribution in [2.75, 3.05) is 6.61 Å². The van der Waals surface area contributed by atoms with E-state index >= 15 is 0 Å². The first-order chi connectivity index (χ1) is 20.6. The number of aliphatic hydroxyl groups is 4. The normalized spacial score (nSPS) is 52.9. The highest BCUT2D eigenvalue weighted by atomic mass is 16.7. The zero-order valence-electron chi connectivity index (χ0n) is 30.6. The van der Waals surface area contributed by atoms with Crippen LogP contribution in [0.1, 0.15) is 140 Å². The van der Waals surface area contributed by atoms with E-state index in [2.05, 4.69) is 47.6 Å². The molecule has 1 saturated heterocycles. The van der Waals surface area contributed by atoms with Crippen LogP contribution < -0.4 is 0 Å². The first-order valence-corrected chi connectivity index (χ1v) is 18.5. The van der Waals surface area contributed by atoms with Crippen molar-refractivity contribution in [1.82, 2.24) is 0 Å². The van der Waals surface area contributed by atoms with Crippen LogP contribution in [0.25, 0.3) is 0 Å². The fourth-order valence-corrected chi connectivity index (χ4v) is 11.6. The summed E-state index contributed by atoms with van der Waals surface area (Å²) in [5.41, 5.74) is -4.78. The summed E-state index contributed by atoms with van der Waals surface area (Å²) in [5, 5.41) is 44.9. The third-order valence-electron chi connectivity index (χ3n) is 16.0. The molecule has 6 heteroatoms. The van der Waals surface area contributed by atoms with Crippen LogP contribution in [0.3, 0.4) is 0 Å². The molecule has 0 radical (unpaired) electrons. The maximum absolute atomic E-state index is 11.9. The average molecular weight is 633 g/mol. The molecule has 3 saturated carbocycles. The van der Waals surface area contributed by atoms with Crippen molar-refractivity contribution in [1.29, 1.82) is 0 Å². The minimum absolute atomic E-state index is 0.155. The molecule has 260 valence electrons. The molecule has 1 aliphatic heterocycles. The van der Waals surface area contributed by atoms with Crippen molar-refractivity contribution < 1.29 is 29.9 Å². The molecular formula is C39H68O6. The van der Waals surface area contributed by atoms with E-state index in [1.54, 1.807) is 13.8 Å². The Bertz CT molecular complexity index is 1130. The summed E-state index contributed by atoms with van der Waals surface area (Å²) >= 11 is 0. The van der Waals surface area contributed by atoms with Crippen LogP contribution in [0.15, 0.2) is 11.6 Å². The topological polar surface area (TPSA) is 99.4 Å². The summed E-state index contributed by atoms with van der Waals surface area (Å²) in [6.07, 6.45) is 14.3. The molecule has 0 bridgehead atoms. The Morgan fingerprint density at radius 3 is 2.13 bits per heavy atom. The van der Waals surface area contributed by atoms with Gasteiger partial charge in [0.1, 0.15) is 22.4 Å². The molecule has 0 amide bonds. The van der Waals surface area contributed by atoms with Crippen molar-refractivity contribution >= 4 is 0 Å². The summed E-state index contributed by atoms with van der Waals surface area (Å²) in [6.45, 7) is 22.0. The molecule has 4 N–H and O–H groups in total. The van der Waals surface area contributed by atoms with Gasteiger partial charge < -0.3 is 29.9 Å². The van der Waals surface area contributed by atoms with Crippen LogP contribution in [0.5, 0.6) is 0 Å². The number of hydrogen-bond donors (Lipinski definition) is 4. The van der Waals surface area contributed by atoms with E-state index in [1.807, 2.05) is 0 Å². The Labute approximate surface area is 274 Å². The average Bonchev–Trinajstić information content (AvgIpc) is 3.31. The Morgan fingerprint density at radius 1 is 0.844 bits per heavy atom. The van der Waals surface area contributed by atoms with Crippen LogP contribution >= 0.6 is 0 Å². The SMILES string of the molecule is CC(C)[C@H](C)CC[C@@H](C)[C@H]1CC[C@@H]2[C@H]3CC=C4C[C@@H](O[C@]5(C)[C@](C)(O)[C@](C)(O)[C@@](C)(O)O[C@@]5(C)CO)CC[C@@]4(C)[C@@H]3CC[C@@]21C. The second kappa shape index (κ2) is 11.5. The molecule has 14 atom stereocenters. The van der Waals surface area contributed by atoms with Gasteiger partial charge >= 0.3 is 0 Å². The first-order valence-electron chi connectivity index (χ1n) is 18.5. The smallest absolute Gasteiger partial charge is 0.195 e. The van der Waals surface area contributed by atoms with E-state index in [9.17, 15) is 20.4 Å². The number of ether oxygens (including phenoxy) is 2. The van der Waals surface area contributed by atoms with Crippen molar-refractivity contribution in [2.24, 2.45) is 52.3 Å². The molecule has 5 rings (SSSR count). The Balaban J connectivity index is 1.33. The molecular weight excluding hydrogens is 564 g/mol. The Kier molecular flexibility index (Phi) is 9.18. The number of allylic oxidation sites excluding steroid dienone is 1. The van der Waals surface area contributed by atoms with Crippen LogP contribution in [0.4, 0.5) is 0 Å². The molecule has 0 spiro atoms. The molecule has 45 heavy (non-hydrogen) atoms. The van der Waals surface area contributed by atoms with E-state index in [1.165, 1.54) is 64.9 Å². The number of aliphatic hydroxyl groups excluding tert-OH is 1. The van der Waals surface area contributed by atoms with Crippen molar-refractivity contribution in [2.45, 2.75) is 175 Å². The van der Waals surface area contributed by atoms with Crippen molar-refractivity contribution in [3.8, 4) is 0 Å². The summed E-state index contributed by atoms with van der Waals surface area (Å²) in [6, 6.07) is 0. The predicted octanol–water partition coefficient (Wildman–Crippen LogP) is 7.41. The molecule has 0 aromatic rings. The fraction of sp³-hybridized carbons (Fsp3) is 0.949. The maximum Gasteiger partial charge on any atom is 0.195 e. The van der Waals surface area contributed by atoms with E-state index in [0.717, 1.165) is 61.2 Å². The highest BCUT2D eigenvalue weighted by Crippen LogP contribution is 2.68. The summed E-state index contributed by atoms with van der Waals surface area (Å²) in [4.78, 5) is 0. The highest BCUT2D eigenvalue weighted by Gasteiger charge is 2.75. The molecule has 4 fully saturated rings. The standard InChI is InChI=1S/C39H68O6/c1-24(2)25(3)12-13-26(4)30-16-17-31-29-15-14-27-22-28(18-20-33(27,5)32(29)19-21-34(30,31)6)44-38(10)35(7,23-40)45-39(11,43)37(9,42)36(38,8)41/h14,24-26,28-32,40-43H,12-13,15-23H2,1-11H3/t25-,26-,28+,29-,30-,31-,32-,33-,34-,35+,36-,37+,38+,39+/m1/s1. The van der Waals surface area contributed by atoms with Crippen LogP contribution in [-0.2, 0) is 9.47 Å². The van der Waals surface area contributed by atoms with E-state index in [-0.39, 0.29) is 11.5 Å². The molecule has 5 aliphatic rings. The van der Waals surface area contributed by atoms with Gasteiger partial charge in [0.15, 0.2) is 5.79 Å².